The molecule has 1 fully saturated rings. The average Bonchev–Trinajstić information content (AvgIpc) is 3.65. The molecule has 2 nitrogen and oxygen atoms in total. The first-order chi connectivity index (χ1) is 19.7. The molecule has 0 aliphatic heterocycles. The van der Waals surface area contributed by atoms with Crippen LogP contribution in [0.25, 0.3) is 70.9 Å². The van der Waals surface area contributed by atoms with Crippen LogP contribution in [0, 0.1) is 6.92 Å². The van der Waals surface area contributed by atoms with E-state index in [0.29, 0.717) is 5.92 Å². The van der Waals surface area contributed by atoms with E-state index in [2.05, 4.69) is 120 Å². The molecule has 0 radical (unpaired) electrons. The molecule has 0 unspecified atom stereocenters. The molecule has 192 valence electrons. The van der Waals surface area contributed by atoms with Crippen LogP contribution in [0.1, 0.15) is 42.7 Å². The number of pyridine rings is 2. The maximum absolute atomic E-state index is 2.68. The van der Waals surface area contributed by atoms with E-state index < -0.39 is 0 Å². The van der Waals surface area contributed by atoms with Crippen molar-refractivity contribution < 1.29 is 4.57 Å². The summed E-state index contributed by atoms with van der Waals surface area (Å²) < 4.78 is 5.05. The normalized spacial score (nSPS) is 14.8. The second-order valence-corrected chi connectivity index (χ2v) is 11.9. The Morgan fingerprint density at radius 1 is 0.700 bits per heavy atom. The maximum Gasteiger partial charge on any atom is 0.224 e. The zero-order chi connectivity index (χ0) is 26.5. The summed E-state index contributed by atoms with van der Waals surface area (Å²) in [4.78, 5) is 0. The molecule has 1 aliphatic rings. The van der Waals surface area contributed by atoms with Crippen molar-refractivity contribution in [1.82, 2.24) is 4.40 Å². The van der Waals surface area contributed by atoms with Crippen LogP contribution in [0.4, 0.5) is 0 Å². The number of hydrogen-bond donors (Lipinski definition) is 0. The number of nitrogens with zero attached hydrogens (tertiary/aromatic N) is 2. The number of aromatic nitrogens is 2. The van der Waals surface area contributed by atoms with Gasteiger partial charge in [0.25, 0.3) is 0 Å². The van der Waals surface area contributed by atoms with Gasteiger partial charge in [0.15, 0.2) is 6.20 Å². The molecule has 0 atom stereocenters. The van der Waals surface area contributed by atoms with Crippen molar-refractivity contribution in [3.63, 3.8) is 0 Å². The van der Waals surface area contributed by atoms with E-state index in [9.17, 15) is 0 Å². The Kier molecular flexibility index (Phi) is 4.51. The van der Waals surface area contributed by atoms with Crippen molar-refractivity contribution in [2.75, 3.05) is 0 Å². The van der Waals surface area contributed by atoms with E-state index in [4.69, 9.17) is 0 Å². The molecule has 8 aromatic rings. The van der Waals surface area contributed by atoms with E-state index in [1.165, 1.54) is 102 Å². The largest absolute Gasteiger partial charge is 0.307 e. The molecule has 5 aromatic carbocycles. The third-order valence-electron chi connectivity index (χ3n) is 9.83. The lowest BCUT2D eigenvalue weighted by Crippen LogP contribution is -2.29. The molecule has 1 aliphatic carbocycles. The minimum Gasteiger partial charge on any atom is -0.307 e. The van der Waals surface area contributed by atoms with E-state index in [1.54, 1.807) is 5.56 Å². The number of benzene rings is 5. The quantitative estimate of drug-likeness (QED) is 0.123. The third-order valence-corrected chi connectivity index (χ3v) is 9.83. The van der Waals surface area contributed by atoms with Crippen LogP contribution in [0.2, 0.25) is 0 Å². The van der Waals surface area contributed by atoms with E-state index in [1.807, 2.05) is 0 Å². The number of fused-ring (bicyclic) bond motifs is 7. The fraction of sp³-hybridized carbons (Fsp3) is 0.184. The third kappa shape index (κ3) is 2.76. The van der Waals surface area contributed by atoms with Crippen molar-refractivity contribution in [3.8, 4) is 11.1 Å². The Balaban J connectivity index is 1.68. The lowest BCUT2D eigenvalue weighted by atomic mass is 9.85. The van der Waals surface area contributed by atoms with Gasteiger partial charge in [0.1, 0.15) is 7.05 Å². The zero-order valence-electron chi connectivity index (χ0n) is 23.0. The Hall–Kier alpha value is -4.43. The summed E-state index contributed by atoms with van der Waals surface area (Å²) in [5.74, 6) is 0.582. The molecule has 1 saturated carbocycles. The first-order valence-electron chi connectivity index (χ1n) is 14.7. The van der Waals surface area contributed by atoms with Crippen LogP contribution in [0.5, 0.6) is 0 Å². The van der Waals surface area contributed by atoms with E-state index in [-0.39, 0.29) is 0 Å². The predicted octanol–water partition coefficient (Wildman–Crippen LogP) is 9.60. The Morgan fingerprint density at radius 3 is 2.20 bits per heavy atom. The molecular weight excluding hydrogens is 484 g/mol. The summed E-state index contributed by atoms with van der Waals surface area (Å²) in [6, 6.07) is 34.0. The Labute approximate surface area is 233 Å². The summed E-state index contributed by atoms with van der Waals surface area (Å²) in [6.07, 6.45) is 7.46. The fourth-order valence-electron chi connectivity index (χ4n) is 8.16. The number of rotatable bonds is 2. The van der Waals surface area contributed by atoms with Gasteiger partial charge in [-0.25, -0.2) is 4.57 Å². The molecule has 0 saturated heterocycles. The molecule has 0 amide bonds. The molecule has 0 bridgehead atoms. The minimum atomic E-state index is 0.582. The van der Waals surface area contributed by atoms with Crippen LogP contribution in [-0.2, 0) is 7.05 Å². The molecule has 0 spiro atoms. The van der Waals surface area contributed by atoms with Gasteiger partial charge in [0, 0.05) is 16.8 Å². The van der Waals surface area contributed by atoms with Gasteiger partial charge in [-0.2, -0.15) is 0 Å². The van der Waals surface area contributed by atoms with Crippen molar-refractivity contribution in [3.05, 3.63) is 108 Å². The second kappa shape index (κ2) is 8.05. The summed E-state index contributed by atoms with van der Waals surface area (Å²) in [5, 5.41) is 9.65. The molecule has 3 heterocycles. The standard InChI is InChI=1S/C38H31N2/c1-23-27-16-8-9-17-28(27)33(25-14-6-7-15-25)37-32(23)36-34-26(20-21-39(36)2)22-30(24-12-4-3-5-13-24)35-29-18-10-11-19-31(29)40(37)38(34)35/h3-5,8-13,16-22,25H,6-7,14-15H2,1-2H3/q+1. The molecule has 9 rings (SSSR count). The molecule has 0 N–H and O–H groups in total. The van der Waals surface area contributed by atoms with E-state index in [0.717, 1.165) is 0 Å². The van der Waals surface area contributed by atoms with Crippen molar-refractivity contribution in [1.29, 1.82) is 0 Å². The fourth-order valence-corrected chi connectivity index (χ4v) is 8.16. The molecule has 40 heavy (non-hydrogen) atoms. The van der Waals surface area contributed by atoms with Gasteiger partial charge in [0.2, 0.25) is 5.52 Å². The van der Waals surface area contributed by atoms with Crippen LogP contribution >= 0.6 is 0 Å². The van der Waals surface area contributed by atoms with Crippen LogP contribution in [0.15, 0.2) is 97.2 Å². The smallest absolute Gasteiger partial charge is 0.224 e. The summed E-state index contributed by atoms with van der Waals surface area (Å²) >= 11 is 0. The number of hydrogen-bond acceptors (Lipinski definition) is 0. The first-order valence-corrected chi connectivity index (χ1v) is 14.7. The highest BCUT2D eigenvalue weighted by atomic mass is 15.0. The minimum absolute atomic E-state index is 0.582. The van der Waals surface area contributed by atoms with Crippen LogP contribution in [-0.4, -0.2) is 4.40 Å². The summed E-state index contributed by atoms with van der Waals surface area (Å²) in [7, 11) is 2.23. The van der Waals surface area contributed by atoms with Crippen LogP contribution in [0.3, 0.4) is 0 Å². The number of aryl methyl sites for hydroxylation is 2. The monoisotopic (exact) mass is 515 g/mol. The average molecular weight is 516 g/mol. The van der Waals surface area contributed by atoms with Crippen molar-refractivity contribution in [2.24, 2.45) is 7.05 Å². The molecular formula is C38H31N2+. The zero-order valence-corrected chi connectivity index (χ0v) is 23.0. The van der Waals surface area contributed by atoms with Gasteiger partial charge in [-0.15, -0.1) is 0 Å². The highest BCUT2D eigenvalue weighted by Gasteiger charge is 2.31. The van der Waals surface area contributed by atoms with Crippen molar-refractivity contribution >= 4 is 59.8 Å². The predicted molar refractivity (Wildman–Crippen MR) is 169 cm³/mol. The van der Waals surface area contributed by atoms with Gasteiger partial charge < -0.3 is 4.40 Å². The Bertz CT molecular complexity index is 2280. The van der Waals surface area contributed by atoms with Gasteiger partial charge in [-0.3, -0.25) is 0 Å². The number of para-hydroxylation sites is 1. The first kappa shape index (κ1) is 22.4. The van der Waals surface area contributed by atoms with Crippen molar-refractivity contribution in [2.45, 2.75) is 38.5 Å². The topological polar surface area (TPSA) is 8.29 Å². The highest BCUT2D eigenvalue weighted by Crippen LogP contribution is 2.50. The maximum atomic E-state index is 2.68. The lowest BCUT2D eigenvalue weighted by molar-refractivity contribution is -0.643. The van der Waals surface area contributed by atoms with Gasteiger partial charge >= 0.3 is 0 Å². The van der Waals surface area contributed by atoms with Gasteiger partial charge in [-0.1, -0.05) is 85.6 Å². The molecule has 3 aromatic heterocycles. The molecule has 2 heteroatoms. The summed E-state index contributed by atoms with van der Waals surface area (Å²) in [5.41, 5.74) is 11.0. The SMILES string of the molecule is Cc1c2ccccc2c(C2CCCC2)c2c1c1c3c(cc[n+]1C)cc(-c1ccccc1)c1c4ccccc4n2c13. The van der Waals surface area contributed by atoms with E-state index >= 15 is 0 Å². The summed E-state index contributed by atoms with van der Waals surface area (Å²) in [6.45, 7) is 2.35. The van der Waals surface area contributed by atoms with Crippen LogP contribution < -0.4 is 4.57 Å². The van der Waals surface area contributed by atoms with Gasteiger partial charge in [0.05, 0.1) is 27.3 Å². The lowest BCUT2D eigenvalue weighted by Gasteiger charge is -2.22. The second-order valence-electron chi connectivity index (χ2n) is 11.9. The highest BCUT2D eigenvalue weighted by molar-refractivity contribution is 6.31. The Morgan fingerprint density at radius 2 is 1.40 bits per heavy atom. The van der Waals surface area contributed by atoms with Gasteiger partial charge in [-0.05, 0) is 76.2 Å².